The van der Waals surface area contributed by atoms with E-state index in [1.165, 1.54) is 6.07 Å². The molecule has 1 N–H and O–H groups in total. The molecule has 1 aromatic heterocycles. The number of hydrogen-bond acceptors (Lipinski definition) is 2. The van der Waals surface area contributed by atoms with E-state index < -0.39 is 0 Å². The van der Waals surface area contributed by atoms with Crippen molar-refractivity contribution >= 4 is 15.9 Å². The molecule has 19 heavy (non-hydrogen) atoms. The highest BCUT2D eigenvalue weighted by Gasteiger charge is 2.13. The second kappa shape index (κ2) is 6.78. The van der Waals surface area contributed by atoms with E-state index >= 15 is 0 Å². The Morgan fingerprint density at radius 2 is 2.21 bits per heavy atom. The van der Waals surface area contributed by atoms with E-state index in [1.807, 2.05) is 37.4 Å². The molecule has 0 saturated heterocycles. The Labute approximate surface area is 121 Å². The minimum Gasteiger partial charge on any atom is -0.310 e. The van der Waals surface area contributed by atoms with Crippen LogP contribution in [-0.2, 0) is 6.42 Å². The average Bonchev–Trinajstić information content (AvgIpc) is 2.42. The van der Waals surface area contributed by atoms with Gasteiger partial charge in [-0.1, -0.05) is 35.0 Å². The number of hydrogen-bond donors (Lipinski definition) is 1. The molecule has 0 aliphatic carbocycles. The van der Waals surface area contributed by atoms with Gasteiger partial charge in [0.25, 0.3) is 0 Å². The molecule has 0 radical (unpaired) electrons. The van der Waals surface area contributed by atoms with Crippen molar-refractivity contribution in [2.24, 2.45) is 0 Å². The van der Waals surface area contributed by atoms with Crippen molar-refractivity contribution in [1.82, 2.24) is 10.3 Å². The monoisotopic (exact) mass is 322 g/mol. The van der Waals surface area contributed by atoms with Crippen LogP contribution in [0.3, 0.4) is 0 Å². The molecule has 0 fully saturated rings. The number of nitrogens with one attached hydrogen (secondary N) is 1. The van der Waals surface area contributed by atoms with Crippen molar-refractivity contribution in [2.45, 2.75) is 19.4 Å². The molecule has 0 aliphatic heterocycles. The number of pyridine rings is 1. The van der Waals surface area contributed by atoms with Gasteiger partial charge < -0.3 is 5.32 Å². The first kappa shape index (κ1) is 14.2. The first-order chi connectivity index (χ1) is 9.20. The molecule has 2 aromatic rings. The van der Waals surface area contributed by atoms with Crippen molar-refractivity contribution in [1.29, 1.82) is 0 Å². The van der Waals surface area contributed by atoms with Crippen LogP contribution in [0, 0.1) is 5.82 Å². The van der Waals surface area contributed by atoms with Crippen molar-refractivity contribution < 1.29 is 4.39 Å². The summed E-state index contributed by atoms with van der Waals surface area (Å²) in [5.41, 5.74) is 1.78. The Morgan fingerprint density at radius 3 is 2.84 bits per heavy atom. The lowest BCUT2D eigenvalue weighted by atomic mass is 10.00. The van der Waals surface area contributed by atoms with Crippen LogP contribution in [0.25, 0.3) is 0 Å². The van der Waals surface area contributed by atoms with Crippen LogP contribution in [0.5, 0.6) is 0 Å². The third kappa shape index (κ3) is 3.85. The van der Waals surface area contributed by atoms with Crippen LogP contribution in [0.2, 0.25) is 0 Å². The zero-order valence-electron chi connectivity index (χ0n) is 10.7. The zero-order valence-corrected chi connectivity index (χ0v) is 12.3. The van der Waals surface area contributed by atoms with Gasteiger partial charge in [-0.2, -0.15) is 0 Å². The number of rotatable bonds is 5. The third-order valence-electron chi connectivity index (χ3n) is 2.98. The minimum absolute atomic E-state index is 0.0781. The van der Waals surface area contributed by atoms with E-state index in [9.17, 15) is 4.39 Å². The van der Waals surface area contributed by atoms with Gasteiger partial charge in [0, 0.05) is 22.9 Å². The summed E-state index contributed by atoms with van der Waals surface area (Å²) in [6.45, 7) is 2.87. The van der Waals surface area contributed by atoms with Gasteiger partial charge in [-0.05, 0) is 42.3 Å². The lowest BCUT2D eigenvalue weighted by Crippen LogP contribution is -2.23. The molecular weight excluding hydrogens is 307 g/mol. The summed E-state index contributed by atoms with van der Waals surface area (Å²) in [6, 6.07) is 9.18. The number of likely N-dealkylation sites (N-methyl/N-ethyl adjacent to an activating group) is 1. The van der Waals surface area contributed by atoms with Crippen molar-refractivity contribution in [2.75, 3.05) is 6.54 Å². The van der Waals surface area contributed by atoms with Crippen LogP contribution < -0.4 is 5.32 Å². The Bertz CT molecular complexity index is 531. The Kier molecular flexibility index (Phi) is 5.05. The van der Waals surface area contributed by atoms with Crippen LogP contribution in [0.4, 0.5) is 4.39 Å². The standard InChI is InChI=1S/C15H16BrFN2/c1-2-19-15(12-4-3-7-18-10-12)8-11-5-6-13(16)9-14(11)17/h3-7,9-10,15,19H,2,8H2,1H3. The molecule has 100 valence electrons. The molecule has 0 bridgehead atoms. The maximum atomic E-state index is 13.9. The SMILES string of the molecule is CCNC(Cc1ccc(Br)cc1F)c1cccnc1. The first-order valence-electron chi connectivity index (χ1n) is 6.28. The smallest absolute Gasteiger partial charge is 0.127 e. The van der Waals surface area contributed by atoms with E-state index in [-0.39, 0.29) is 11.9 Å². The highest BCUT2D eigenvalue weighted by molar-refractivity contribution is 9.10. The van der Waals surface area contributed by atoms with Crippen LogP contribution in [0.1, 0.15) is 24.1 Å². The van der Waals surface area contributed by atoms with Crippen LogP contribution in [-0.4, -0.2) is 11.5 Å². The molecule has 2 nitrogen and oxygen atoms in total. The molecule has 1 unspecified atom stereocenters. The van der Waals surface area contributed by atoms with Gasteiger partial charge >= 0.3 is 0 Å². The highest BCUT2D eigenvalue weighted by atomic mass is 79.9. The molecule has 0 saturated carbocycles. The number of aromatic nitrogens is 1. The fourth-order valence-electron chi connectivity index (χ4n) is 2.04. The molecule has 0 aliphatic rings. The summed E-state index contributed by atoms with van der Waals surface area (Å²) >= 11 is 3.27. The summed E-state index contributed by atoms with van der Waals surface area (Å²) in [5.74, 6) is -0.179. The second-order valence-electron chi connectivity index (χ2n) is 4.34. The van der Waals surface area contributed by atoms with Crippen molar-refractivity contribution in [3.8, 4) is 0 Å². The molecule has 1 aromatic carbocycles. The second-order valence-corrected chi connectivity index (χ2v) is 5.25. The van der Waals surface area contributed by atoms with E-state index in [2.05, 4.69) is 26.2 Å². The van der Waals surface area contributed by atoms with Gasteiger partial charge in [-0.25, -0.2) is 4.39 Å². The maximum Gasteiger partial charge on any atom is 0.127 e. The average molecular weight is 323 g/mol. The van der Waals surface area contributed by atoms with Gasteiger partial charge in [0.15, 0.2) is 0 Å². The lowest BCUT2D eigenvalue weighted by Gasteiger charge is -2.18. The topological polar surface area (TPSA) is 24.9 Å². The first-order valence-corrected chi connectivity index (χ1v) is 7.07. The molecule has 4 heteroatoms. The number of nitrogens with zero attached hydrogens (tertiary/aromatic N) is 1. The maximum absolute atomic E-state index is 13.9. The van der Waals surface area contributed by atoms with E-state index in [1.54, 1.807) is 6.20 Å². The van der Waals surface area contributed by atoms with Gasteiger partial charge in [0.1, 0.15) is 5.82 Å². The molecule has 1 atom stereocenters. The van der Waals surface area contributed by atoms with Gasteiger partial charge in [0.2, 0.25) is 0 Å². The predicted octanol–water partition coefficient (Wildman–Crippen LogP) is 3.88. The summed E-state index contributed by atoms with van der Waals surface area (Å²) < 4.78 is 14.7. The molecular formula is C15H16BrFN2. The molecule has 0 spiro atoms. The van der Waals surface area contributed by atoms with Gasteiger partial charge in [-0.15, -0.1) is 0 Å². The van der Waals surface area contributed by atoms with Gasteiger partial charge in [-0.3, -0.25) is 4.98 Å². The quantitative estimate of drug-likeness (QED) is 0.903. The van der Waals surface area contributed by atoms with Crippen LogP contribution >= 0.6 is 15.9 Å². The third-order valence-corrected chi connectivity index (χ3v) is 3.47. The summed E-state index contributed by atoms with van der Waals surface area (Å²) in [4.78, 5) is 4.12. The van der Waals surface area contributed by atoms with E-state index in [0.29, 0.717) is 12.0 Å². The Balaban J connectivity index is 2.21. The van der Waals surface area contributed by atoms with E-state index in [4.69, 9.17) is 0 Å². The fourth-order valence-corrected chi connectivity index (χ4v) is 2.38. The Hall–Kier alpha value is -1.26. The minimum atomic E-state index is -0.179. The zero-order chi connectivity index (χ0) is 13.7. The summed E-state index contributed by atoms with van der Waals surface area (Å²) in [7, 11) is 0. The van der Waals surface area contributed by atoms with Gasteiger partial charge in [0.05, 0.1) is 0 Å². The Morgan fingerprint density at radius 1 is 1.37 bits per heavy atom. The van der Waals surface area contributed by atoms with E-state index in [0.717, 1.165) is 16.6 Å². The van der Waals surface area contributed by atoms with Crippen molar-refractivity contribution in [3.05, 3.63) is 64.1 Å². The molecule has 2 rings (SSSR count). The largest absolute Gasteiger partial charge is 0.310 e. The normalized spacial score (nSPS) is 12.4. The number of benzene rings is 1. The number of halogens is 2. The summed E-state index contributed by atoms with van der Waals surface area (Å²) in [6.07, 6.45) is 4.18. The molecule has 0 amide bonds. The van der Waals surface area contributed by atoms with Crippen LogP contribution in [0.15, 0.2) is 47.2 Å². The molecule has 1 heterocycles. The highest BCUT2D eigenvalue weighted by Crippen LogP contribution is 2.22. The summed E-state index contributed by atoms with van der Waals surface area (Å²) in [5, 5.41) is 3.37. The lowest BCUT2D eigenvalue weighted by molar-refractivity contribution is 0.526. The predicted molar refractivity (Wildman–Crippen MR) is 78.5 cm³/mol. The fraction of sp³-hybridized carbons (Fsp3) is 0.267. The van der Waals surface area contributed by atoms with Crippen molar-refractivity contribution in [3.63, 3.8) is 0 Å².